The summed E-state index contributed by atoms with van der Waals surface area (Å²) in [5, 5.41) is 14.4. The first-order valence-corrected chi connectivity index (χ1v) is 8.70. The van der Waals surface area contributed by atoms with Gasteiger partial charge in [0.05, 0.1) is 4.92 Å². The van der Waals surface area contributed by atoms with Gasteiger partial charge in [0.15, 0.2) is 4.90 Å². The van der Waals surface area contributed by atoms with Crippen molar-refractivity contribution in [3.05, 3.63) is 33.4 Å². The number of aryl methyl sites for hydroxylation is 2. The largest absolute Gasteiger partial charge is 0.314 e. The van der Waals surface area contributed by atoms with Crippen LogP contribution in [-0.2, 0) is 10.0 Å². The Labute approximate surface area is 130 Å². The fraction of sp³-hybridized carbons (Fsp3) is 0.571. The van der Waals surface area contributed by atoms with E-state index >= 15 is 0 Å². The highest BCUT2D eigenvalue weighted by atomic mass is 32.2. The summed E-state index contributed by atoms with van der Waals surface area (Å²) in [5.41, 5.74) is 1.03. The molecule has 0 radical (unpaired) electrons. The average molecular weight is 327 g/mol. The van der Waals surface area contributed by atoms with Crippen LogP contribution in [0.15, 0.2) is 17.0 Å². The molecule has 122 valence electrons. The summed E-state index contributed by atoms with van der Waals surface area (Å²) < 4.78 is 27.7. The van der Waals surface area contributed by atoms with Gasteiger partial charge < -0.3 is 5.32 Å². The summed E-state index contributed by atoms with van der Waals surface area (Å²) >= 11 is 0. The van der Waals surface area contributed by atoms with E-state index in [0.717, 1.165) is 6.54 Å². The Morgan fingerprint density at radius 3 is 2.55 bits per heavy atom. The molecule has 1 heterocycles. The Hall–Kier alpha value is -1.51. The highest BCUT2D eigenvalue weighted by molar-refractivity contribution is 7.89. The first-order valence-electron chi connectivity index (χ1n) is 7.22. The summed E-state index contributed by atoms with van der Waals surface area (Å²) in [6.07, 6.45) is 1.33. The van der Waals surface area contributed by atoms with Gasteiger partial charge in [0.1, 0.15) is 0 Å². The van der Waals surface area contributed by atoms with Crippen molar-refractivity contribution >= 4 is 15.7 Å². The summed E-state index contributed by atoms with van der Waals surface area (Å²) in [6.45, 7) is 6.17. The summed E-state index contributed by atoms with van der Waals surface area (Å²) in [7, 11) is -3.92. The maximum Gasteiger partial charge on any atom is 0.289 e. The van der Waals surface area contributed by atoms with Crippen LogP contribution in [0.3, 0.4) is 0 Å². The molecule has 1 aliphatic heterocycles. The molecule has 1 aliphatic rings. The van der Waals surface area contributed by atoms with Crippen LogP contribution in [0.2, 0.25) is 0 Å². The van der Waals surface area contributed by atoms with E-state index in [1.165, 1.54) is 12.1 Å². The van der Waals surface area contributed by atoms with E-state index < -0.39 is 14.9 Å². The molecule has 0 spiro atoms. The predicted octanol–water partition coefficient (Wildman–Crippen LogP) is 1.63. The fourth-order valence-electron chi connectivity index (χ4n) is 2.65. The van der Waals surface area contributed by atoms with Crippen LogP contribution in [0.4, 0.5) is 5.69 Å². The normalized spacial score (nSPS) is 22.5. The zero-order chi connectivity index (χ0) is 16.5. The van der Waals surface area contributed by atoms with Crippen LogP contribution in [0.25, 0.3) is 0 Å². The Morgan fingerprint density at radius 2 is 1.95 bits per heavy atom. The molecule has 0 aliphatic carbocycles. The number of sulfonamides is 1. The Bertz CT molecular complexity index is 688. The minimum Gasteiger partial charge on any atom is -0.314 e. The van der Waals surface area contributed by atoms with Crippen LogP contribution in [0.5, 0.6) is 0 Å². The zero-order valence-electron chi connectivity index (χ0n) is 12.9. The standard InChI is InChI=1S/C14H21N3O4S/c1-9-6-13(17(18)19)14(7-10(9)2)22(20,21)16-12-4-5-15-11(3)8-12/h6-7,11-12,15-16H,4-5,8H2,1-3H3. The van der Waals surface area contributed by atoms with E-state index in [1.54, 1.807) is 13.8 Å². The topological polar surface area (TPSA) is 101 Å². The SMILES string of the molecule is Cc1cc([N+](=O)[O-])c(S(=O)(=O)NC2CCNC(C)C2)cc1C. The maximum atomic E-state index is 12.6. The number of benzene rings is 1. The molecule has 0 bridgehead atoms. The van der Waals surface area contributed by atoms with Crippen molar-refractivity contribution in [1.29, 1.82) is 0 Å². The Balaban J connectivity index is 2.36. The molecule has 2 rings (SSSR count). The van der Waals surface area contributed by atoms with Gasteiger partial charge in [-0.15, -0.1) is 0 Å². The van der Waals surface area contributed by atoms with Crippen LogP contribution < -0.4 is 10.0 Å². The minimum absolute atomic E-state index is 0.206. The van der Waals surface area contributed by atoms with Crippen LogP contribution in [-0.4, -0.2) is 32.0 Å². The third kappa shape index (κ3) is 3.63. The van der Waals surface area contributed by atoms with Crippen molar-refractivity contribution in [3.63, 3.8) is 0 Å². The van der Waals surface area contributed by atoms with Crippen molar-refractivity contribution in [2.75, 3.05) is 6.54 Å². The van der Waals surface area contributed by atoms with Gasteiger partial charge in [0, 0.05) is 18.2 Å². The number of nitrogens with zero attached hydrogens (tertiary/aromatic N) is 1. The van der Waals surface area contributed by atoms with Crippen molar-refractivity contribution < 1.29 is 13.3 Å². The molecule has 0 amide bonds. The molecule has 7 nitrogen and oxygen atoms in total. The summed E-state index contributed by atoms with van der Waals surface area (Å²) in [4.78, 5) is 10.3. The smallest absolute Gasteiger partial charge is 0.289 e. The number of hydrogen-bond acceptors (Lipinski definition) is 5. The lowest BCUT2D eigenvalue weighted by molar-refractivity contribution is -0.387. The van der Waals surface area contributed by atoms with Crippen LogP contribution in [0, 0.1) is 24.0 Å². The first kappa shape index (κ1) is 16.9. The van der Waals surface area contributed by atoms with Gasteiger partial charge >= 0.3 is 0 Å². The number of nitro benzene ring substituents is 1. The second-order valence-electron chi connectivity index (χ2n) is 5.86. The molecule has 0 saturated carbocycles. The summed E-state index contributed by atoms with van der Waals surface area (Å²) in [6, 6.07) is 2.70. The molecular formula is C14H21N3O4S. The van der Waals surface area contributed by atoms with Gasteiger partial charge in [-0.3, -0.25) is 10.1 Å². The predicted molar refractivity (Wildman–Crippen MR) is 83.4 cm³/mol. The van der Waals surface area contributed by atoms with Crippen LogP contribution >= 0.6 is 0 Å². The molecule has 2 atom stereocenters. The third-order valence-corrected chi connectivity index (χ3v) is 5.56. The number of hydrogen-bond donors (Lipinski definition) is 2. The third-order valence-electron chi connectivity index (χ3n) is 4.01. The quantitative estimate of drug-likeness (QED) is 0.646. The van der Waals surface area contributed by atoms with Crippen molar-refractivity contribution in [1.82, 2.24) is 10.0 Å². The molecule has 1 aromatic carbocycles. The Morgan fingerprint density at radius 1 is 1.32 bits per heavy atom. The molecule has 8 heteroatoms. The summed E-state index contributed by atoms with van der Waals surface area (Å²) in [5.74, 6) is 0. The van der Waals surface area contributed by atoms with Crippen molar-refractivity contribution in [3.8, 4) is 0 Å². The lowest BCUT2D eigenvalue weighted by Gasteiger charge is -2.28. The van der Waals surface area contributed by atoms with Gasteiger partial charge in [0.2, 0.25) is 10.0 Å². The molecule has 1 saturated heterocycles. The van der Waals surface area contributed by atoms with E-state index in [1.807, 2.05) is 6.92 Å². The number of nitro groups is 1. The van der Waals surface area contributed by atoms with E-state index in [0.29, 0.717) is 24.0 Å². The lowest BCUT2D eigenvalue weighted by Crippen LogP contribution is -2.46. The van der Waals surface area contributed by atoms with Gasteiger partial charge in [-0.1, -0.05) is 0 Å². The minimum atomic E-state index is -3.92. The van der Waals surface area contributed by atoms with Gasteiger partial charge in [-0.05, 0) is 57.4 Å². The molecule has 1 fully saturated rings. The second-order valence-corrected chi connectivity index (χ2v) is 7.54. The van der Waals surface area contributed by atoms with E-state index in [-0.39, 0.29) is 22.7 Å². The van der Waals surface area contributed by atoms with Crippen molar-refractivity contribution in [2.24, 2.45) is 0 Å². The average Bonchev–Trinajstić information content (AvgIpc) is 2.40. The molecular weight excluding hydrogens is 306 g/mol. The fourth-order valence-corrected chi connectivity index (χ4v) is 4.17. The number of nitrogens with one attached hydrogen (secondary N) is 2. The van der Waals surface area contributed by atoms with E-state index in [9.17, 15) is 18.5 Å². The van der Waals surface area contributed by atoms with Crippen molar-refractivity contribution in [2.45, 2.75) is 50.6 Å². The molecule has 22 heavy (non-hydrogen) atoms. The van der Waals surface area contributed by atoms with Gasteiger partial charge in [-0.2, -0.15) is 0 Å². The van der Waals surface area contributed by atoms with E-state index in [2.05, 4.69) is 10.0 Å². The van der Waals surface area contributed by atoms with Gasteiger partial charge in [0.25, 0.3) is 5.69 Å². The molecule has 2 unspecified atom stereocenters. The Kier molecular flexibility index (Phi) is 4.84. The molecule has 1 aromatic rings. The second kappa shape index (κ2) is 6.31. The van der Waals surface area contributed by atoms with E-state index in [4.69, 9.17) is 0 Å². The van der Waals surface area contributed by atoms with Crippen LogP contribution in [0.1, 0.15) is 30.9 Å². The first-order chi connectivity index (χ1) is 10.2. The number of rotatable bonds is 4. The zero-order valence-corrected chi connectivity index (χ0v) is 13.7. The molecule has 2 N–H and O–H groups in total. The monoisotopic (exact) mass is 327 g/mol. The highest BCUT2D eigenvalue weighted by Gasteiger charge is 2.30. The molecule has 0 aromatic heterocycles. The lowest BCUT2D eigenvalue weighted by atomic mass is 10.0. The number of piperidine rings is 1. The van der Waals surface area contributed by atoms with Gasteiger partial charge in [-0.25, -0.2) is 13.1 Å². The highest BCUT2D eigenvalue weighted by Crippen LogP contribution is 2.28. The maximum absolute atomic E-state index is 12.6.